The lowest BCUT2D eigenvalue weighted by Gasteiger charge is -2.41. The van der Waals surface area contributed by atoms with E-state index in [1.54, 1.807) is 0 Å². The number of unbranched alkanes of at least 4 members (excludes halogenated alkanes) is 8. The van der Waals surface area contributed by atoms with Gasteiger partial charge in [0.1, 0.15) is 36.6 Å². The highest BCUT2D eigenvalue weighted by Gasteiger charge is 2.46. The van der Waals surface area contributed by atoms with E-state index in [2.05, 4.69) is 83.7 Å². The summed E-state index contributed by atoms with van der Waals surface area (Å²) in [7, 11) is -11.6. The minimum absolute atomic E-state index is 0.120. The Kier molecular flexibility index (Phi) is 30.6. The minimum Gasteiger partial charge on any atom is -0.756 e. The van der Waals surface area contributed by atoms with Crippen LogP contribution in [0.5, 0.6) is 0 Å². The van der Waals surface area contributed by atoms with Crippen LogP contribution in [0.25, 0.3) is 11.2 Å². The van der Waals surface area contributed by atoms with Gasteiger partial charge in [-0.05, 0) is 58.3 Å². The first-order valence-corrected chi connectivity index (χ1v) is 29.8. The Morgan fingerprint density at radius 2 is 1.07 bits per heavy atom. The fraction of sp³-hybridized carbons (Fsp3) is 0.896. The highest BCUT2D eigenvalue weighted by atomic mass is 31.3. The molecule has 22 nitrogen and oxygen atoms in total. The summed E-state index contributed by atoms with van der Waals surface area (Å²) in [4.78, 5) is 46.1. The lowest BCUT2D eigenvalue weighted by atomic mass is 10.0. The average Bonchev–Trinajstić information content (AvgIpc) is 3.89. The molecule has 2 aliphatic rings. The Morgan fingerprint density at radius 1 is 0.653 bits per heavy atom. The number of aliphatic hydroxyl groups excluding tert-OH is 5. The van der Waals surface area contributed by atoms with Crippen LogP contribution in [-0.4, -0.2) is 162 Å². The lowest BCUT2D eigenvalue weighted by molar-refractivity contribution is -0.929. The van der Waals surface area contributed by atoms with Gasteiger partial charge in [-0.25, -0.2) is 9.29 Å². The molecule has 2 saturated heterocycles. The predicted octanol–water partition coefficient (Wildman–Crippen LogP) is 5.14. The van der Waals surface area contributed by atoms with Crippen LogP contribution < -0.4 is 21.1 Å². The summed E-state index contributed by atoms with van der Waals surface area (Å²) in [5, 5.41) is 49.9. The van der Waals surface area contributed by atoms with Crippen LogP contribution in [-0.2, 0) is 32.0 Å². The molecule has 422 valence electrons. The van der Waals surface area contributed by atoms with E-state index in [0.717, 1.165) is 10.9 Å². The van der Waals surface area contributed by atoms with Crippen LogP contribution in [0.3, 0.4) is 0 Å². The zero-order chi connectivity index (χ0) is 54.1. The molecule has 4 heterocycles. The first-order chi connectivity index (χ1) is 34.1. The molecule has 0 aliphatic carbocycles. The van der Waals surface area contributed by atoms with Crippen LogP contribution >= 0.6 is 15.6 Å². The maximum Gasteiger partial charge on any atom is 0.280 e. The quantitative estimate of drug-likeness (QED) is 0.0368. The average molecular weight is 1070 g/mol. The maximum absolute atomic E-state index is 12.1. The van der Waals surface area contributed by atoms with E-state index in [4.69, 9.17) is 15.2 Å². The van der Waals surface area contributed by atoms with Crippen molar-refractivity contribution < 1.29 is 76.2 Å². The van der Waals surface area contributed by atoms with Gasteiger partial charge in [0.15, 0.2) is 23.7 Å². The van der Waals surface area contributed by atoms with Crippen molar-refractivity contribution in [2.75, 3.05) is 64.7 Å². The number of nitrogen functional groups attached to an aromatic ring is 1. The highest BCUT2D eigenvalue weighted by Crippen LogP contribution is 2.57. The Balaban J connectivity index is 0.000000435. The summed E-state index contributed by atoms with van der Waals surface area (Å²) < 4.78 is 51.1. The topological polar surface area (TPSA) is 317 Å². The molecule has 2 fully saturated rings. The number of aromatic amines is 1. The van der Waals surface area contributed by atoms with Crippen LogP contribution in [0.2, 0.25) is 0 Å². The molecule has 11 atom stereocenters. The third-order valence-electron chi connectivity index (χ3n) is 13.6. The number of ether oxygens (including phenoxy) is 2. The van der Waals surface area contributed by atoms with Gasteiger partial charge in [-0.1, -0.05) is 107 Å². The van der Waals surface area contributed by atoms with E-state index in [-0.39, 0.29) is 17.1 Å². The number of aromatic nitrogens is 4. The smallest absolute Gasteiger partial charge is 0.280 e. The van der Waals surface area contributed by atoms with Crippen molar-refractivity contribution in [1.29, 1.82) is 0 Å². The summed E-state index contributed by atoms with van der Waals surface area (Å²) in [6.45, 7) is 30.2. The number of aliphatic hydroxyl groups is 5. The van der Waals surface area contributed by atoms with Crippen molar-refractivity contribution in [3.8, 4) is 0 Å². The number of nitrogens with one attached hydrogen (secondary N) is 1. The molecular weight excluding hydrogens is 977 g/mol. The molecule has 0 amide bonds. The molecule has 0 bridgehead atoms. The van der Waals surface area contributed by atoms with Crippen LogP contribution in [0, 0.1) is 0 Å². The fourth-order valence-electron chi connectivity index (χ4n) is 9.07. The van der Waals surface area contributed by atoms with Gasteiger partial charge in [-0.3, -0.25) is 28.0 Å². The van der Waals surface area contributed by atoms with Crippen molar-refractivity contribution in [2.24, 2.45) is 0 Å². The largest absolute Gasteiger partial charge is 0.756 e. The maximum atomic E-state index is 12.1. The molecule has 24 heteroatoms. The van der Waals surface area contributed by atoms with Gasteiger partial charge < -0.3 is 64.0 Å². The molecule has 2 aliphatic heterocycles. The monoisotopic (exact) mass is 1070 g/mol. The van der Waals surface area contributed by atoms with Crippen molar-refractivity contribution in [3.63, 3.8) is 0 Å². The van der Waals surface area contributed by atoms with Gasteiger partial charge in [-0.15, -0.1) is 0 Å². The van der Waals surface area contributed by atoms with Gasteiger partial charge in [0.05, 0.1) is 71.4 Å². The molecule has 0 aromatic carbocycles. The number of hydrogen-bond acceptors (Lipinski definition) is 18. The number of phosphoric acid groups is 2. The van der Waals surface area contributed by atoms with Gasteiger partial charge in [-0.2, -0.15) is 4.98 Å². The summed E-state index contributed by atoms with van der Waals surface area (Å²) in [5.41, 5.74) is 4.52. The lowest BCUT2D eigenvalue weighted by Crippen LogP contribution is -2.57. The number of fused-ring (bicyclic) bond motifs is 1. The SMILES string of the molecule is CCCC[N+](CCCC)(CCCC)CCCC.CCCC[N+](CCCC)(CCCC)CCCC.C[C@@H]1OC(OP(=O)([O-])OP(=O)([O-])OC[C@H]2O[C@@H](n3cnc4c(=O)[nH]c(N)nc43)[C@H](O)[C@@H]2O)[C@@H](O)[C@H](O)[C@@H]1O. The van der Waals surface area contributed by atoms with Crippen LogP contribution in [0.15, 0.2) is 11.1 Å². The van der Waals surface area contributed by atoms with E-state index >= 15 is 0 Å². The zero-order valence-corrected chi connectivity index (χ0v) is 46.8. The molecule has 8 N–H and O–H groups in total. The molecule has 2 aromatic heterocycles. The fourth-order valence-corrected chi connectivity index (χ4v) is 11.2. The van der Waals surface area contributed by atoms with Crippen molar-refractivity contribution >= 4 is 32.8 Å². The van der Waals surface area contributed by atoms with E-state index in [1.807, 2.05) is 0 Å². The molecule has 0 saturated carbocycles. The second-order valence-electron chi connectivity index (χ2n) is 19.7. The second kappa shape index (κ2) is 33.3. The molecule has 2 aromatic rings. The van der Waals surface area contributed by atoms with Gasteiger partial charge in [0, 0.05) is 0 Å². The normalized spacial score (nSPS) is 25.3. The summed E-state index contributed by atoms with van der Waals surface area (Å²) in [6, 6.07) is 0. The van der Waals surface area contributed by atoms with Crippen molar-refractivity contribution in [1.82, 2.24) is 19.5 Å². The number of quaternary nitrogens is 2. The summed E-state index contributed by atoms with van der Waals surface area (Å²) in [6.07, 6.45) is 7.82. The van der Waals surface area contributed by atoms with Crippen LogP contribution in [0.1, 0.15) is 171 Å². The zero-order valence-electron chi connectivity index (χ0n) is 45.0. The van der Waals surface area contributed by atoms with Gasteiger partial charge in [0.2, 0.25) is 5.95 Å². The van der Waals surface area contributed by atoms with E-state index < -0.39 is 83.1 Å². The second-order valence-corrected chi connectivity index (χ2v) is 22.6. The minimum atomic E-state index is -5.82. The standard InChI is InChI=1S/C16H25N5O15P2.2C16H36N/c1-4-7(22)9(24)11(26)15(33-4)35-38(30,31)36-37(28,29)32-2-5-8(23)10(25)14(34-5)21-3-18-6-12(21)19-16(17)20-13(6)27;2*1-5-9-13-17(14-10-6-2,15-11-7-3)16-12-8-4/h3-5,7-11,14-15,22-26H,2H2,1H3,(H,28,29)(H,30,31)(H3,17,19,20,27);2*5-16H2,1-4H3/q;2*+1/p-2/t4-,5+,7+,8+,9+,10+,11-,14+,15?;;/m0../s1. The molecule has 72 heavy (non-hydrogen) atoms. The predicted molar refractivity (Wildman–Crippen MR) is 273 cm³/mol. The number of imidazole rings is 1. The first-order valence-electron chi connectivity index (χ1n) is 26.9. The van der Waals surface area contributed by atoms with Gasteiger partial charge in [0.25, 0.3) is 21.2 Å². The number of anilines is 1. The van der Waals surface area contributed by atoms with Crippen molar-refractivity contribution in [3.05, 3.63) is 16.7 Å². The third kappa shape index (κ3) is 21.2. The Hall–Kier alpha value is -1.95. The van der Waals surface area contributed by atoms with E-state index in [0.29, 0.717) is 0 Å². The summed E-state index contributed by atoms with van der Waals surface area (Å²) >= 11 is 0. The number of rotatable bonds is 32. The molecule has 0 radical (unpaired) electrons. The molecule has 0 spiro atoms. The molecular formula is C48H95N7O15P2. The number of phosphoric ester groups is 2. The van der Waals surface area contributed by atoms with Crippen LogP contribution in [0.4, 0.5) is 5.95 Å². The number of nitrogens with two attached hydrogens (primary N) is 1. The Labute approximate surface area is 429 Å². The molecule has 4 rings (SSSR count). The Bertz CT molecular complexity index is 1840. The highest BCUT2D eigenvalue weighted by molar-refractivity contribution is 7.59. The van der Waals surface area contributed by atoms with Crippen molar-refractivity contribution in [2.45, 2.75) is 220 Å². The number of H-pyrrole nitrogens is 1. The molecule has 3 unspecified atom stereocenters. The Morgan fingerprint density at radius 3 is 1.47 bits per heavy atom. The first kappa shape index (κ1) is 66.2. The summed E-state index contributed by atoms with van der Waals surface area (Å²) in [5.74, 6) is -0.280. The van der Waals surface area contributed by atoms with E-state index in [1.165, 1.54) is 171 Å². The third-order valence-corrected chi connectivity index (χ3v) is 16.1. The number of hydrogen-bond donors (Lipinski definition) is 7. The van der Waals surface area contributed by atoms with E-state index in [9.17, 15) is 49.2 Å². The number of nitrogens with zero attached hydrogens (tertiary/aromatic N) is 5. The van der Waals surface area contributed by atoms with Gasteiger partial charge >= 0.3 is 0 Å².